The monoisotopic (exact) mass is 513 g/mol. The Morgan fingerprint density at radius 1 is 0.868 bits per heavy atom. The minimum Gasteiger partial charge on any atom is -0.467 e. The third-order valence-electron chi connectivity index (χ3n) is 7.78. The summed E-state index contributed by atoms with van der Waals surface area (Å²) < 4.78 is 23.7. The van der Waals surface area contributed by atoms with Gasteiger partial charge >= 0.3 is 19.2 Å². The zero-order valence-electron chi connectivity index (χ0n) is 22.3. The molecule has 1 amide bonds. The van der Waals surface area contributed by atoms with Crippen molar-refractivity contribution in [1.29, 1.82) is 0 Å². The molecular weight excluding hydrogens is 481 g/mol. The highest BCUT2D eigenvalue weighted by atomic mass is 16.7. The molecule has 0 spiro atoms. The van der Waals surface area contributed by atoms with Crippen molar-refractivity contribution in [2.75, 3.05) is 12.0 Å². The van der Waals surface area contributed by atoms with E-state index < -0.39 is 42.2 Å². The Hall–Kier alpha value is -3.62. The fourth-order valence-corrected chi connectivity index (χ4v) is 5.03. The molecule has 0 aromatic heterocycles. The van der Waals surface area contributed by atoms with E-state index in [1.807, 2.05) is 107 Å². The number of rotatable bonds is 5. The summed E-state index contributed by atoms with van der Waals surface area (Å²) in [6.07, 6.45) is -0.644. The number of carbonyl (C=O) groups is 2. The number of ether oxygens (including phenoxy) is 2. The van der Waals surface area contributed by atoms with Crippen LogP contribution >= 0.6 is 0 Å². The Morgan fingerprint density at radius 2 is 1.47 bits per heavy atom. The molecule has 0 bridgehead atoms. The molecule has 0 N–H and O–H groups in total. The molecule has 1 saturated heterocycles. The summed E-state index contributed by atoms with van der Waals surface area (Å²) in [4.78, 5) is 28.4. The quantitative estimate of drug-likeness (QED) is 0.319. The lowest BCUT2D eigenvalue weighted by Crippen LogP contribution is -2.49. The first-order valence-corrected chi connectivity index (χ1v) is 12.8. The highest BCUT2D eigenvalue weighted by Crippen LogP contribution is 2.49. The van der Waals surface area contributed by atoms with E-state index >= 15 is 0 Å². The summed E-state index contributed by atoms with van der Waals surface area (Å²) in [6, 6.07) is 24.1. The highest BCUT2D eigenvalue weighted by molar-refractivity contribution is 6.49. The third-order valence-corrected chi connectivity index (χ3v) is 7.78. The zero-order chi connectivity index (χ0) is 27.1. The van der Waals surface area contributed by atoms with Crippen molar-refractivity contribution in [3.63, 3.8) is 0 Å². The molecule has 0 saturated carbocycles. The van der Waals surface area contributed by atoms with E-state index in [0.717, 1.165) is 22.3 Å². The summed E-state index contributed by atoms with van der Waals surface area (Å²) in [6.45, 7) is 7.90. The molecule has 0 aliphatic carbocycles. The number of benzene rings is 3. The first-order valence-electron chi connectivity index (χ1n) is 12.8. The summed E-state index contributed by atoms with van der Waals surface area (Å²) in [5, 5.41) is 0. The predicted octanol–water partition coefficient (Wildman–Crippen LogP) is 5.77. The average molecular weight is 513 g/mol. The molecule has 196 valence electrons. The number of methoxy groups -OCH3 is 1. The van der Waals surface area contributed by atoms with Crippen LogP contribution in [0.1, 0.15) is 44.6 Å². The Morgan fingerprint density at radius 3 is 2.08 bits per heavy atom. The lowest BCUT2D eigenvalue weighted by Gasteiger charge is -2.32. The largest absolute Gasteiger partial charge is 0.468 e. The number of amides is 1. The Labute approximate surface area is 223 Å². The first kappa shape index (κ1) is 26.0. The fourth-order valence-electron chi connectivity index (χ4n) is 5.03. The maximum absolute atomic E-state index is 13.7. The van der Waals surface area contributed by atoms with Crippen LogP contribution in [0.3, 0.4) is 0 Å². The Balaban J connectivity index is 1.59. The van der Waals surface area contributed by atoms with E-state index in [4.69, 9.17) is 18.8 Å². The van der Waals surface area contributed by atoms with Gasteiger partial charge in [0.15, 0.2) is 0 Å². The van der Waals surface area contributed by atoms with Crippen molar-refractivity contribution in [2.45, 2.75) is 57.4 Å². The van der Waals surface area contributed by atoms with Gasteiger partial charge in [-0.2, -0.15) is 0 Å². The van der Waals surface area contributed by atoms with Crippen molar-refractivity contribution in [3.05, 3.63) is 90.0 Å². The van der Waals surface area contributed by atoms with Gasteiger partial charge in [0.2, 0.25) is 0 Å². The van der Waals surface area contributed by atoms with Crippen LogP contribution in [0, 0.1) is 0 Å². The second kappa shape index (κ2) is 9.93. The van der Waals surface area contributed by atoms with Crippen molar-refractivity contribution in [1.82, 2.24) is 0 Å². The molecule has 1 fully saturated rings. The minimum atomic E-state index is -1.03. The van der Waals surface area contributed by atoms with Crippen LogP contribution in [-0.2, 0) is 30.2 Å². The predicted molar refractivity (Wildman–Crippen MR) is 146 cm³/mol. The van der Waals surface area contributed by atoms with Gasteiger partial charge in [-0.15, -0.1) is 0 Å². The van der Waals surface area contributed by atoms with Crippen LogP contribution in [0.15, 0.2) is 78.9 Å². The van der Waals surface area contributed by atoms with Crippen LogP contribution in [0.2, 0.25) is 0 Å². The molecule has 2 aliphatic heterocycles. The van der Waals surface area contributed by atoms with E-state index in [2.05, 4.69) is 0 Å². The topological polar surface area (TPSA) is 74.3 Å². The number of esters is 1. The summed E-state index contributed by atoms with van der Waals surface area (Å²) in [7, 11) is 0.535. The standard InChI is InChI=1S/C30H32BNO6/c1-29(2)30(3,4)38-31(37-29)25-23-17-16-22(21-14-10-7-11-15-21)18-24(23)32(26(25)27(33)35-5)28(34)36-19-20-12-8-6-9-13-20/h6-18,25-26H,19H2,1-5H3/t25-,26+/m0/s1. The van der Waals surface area contributed by atoms with E-state index in [-0.39, 0.29) is 6.61 Å². The zero-order valence-corrected chi connectivity index (χ0v) is 22.3. The molecular formula is C30H32BNO6. The average Bonchev–Trinajstić information content (AvgIpc) is 3.37. The number of hydrogen-bond donors (Lipinski definition) is 0. The lowest BCUT2D eigenvalue weighted by molar-refractivity contribution is -0.142. The van der Waals surface area contributed by atoms with Crippen molar-refractivity contribution < 1.29 is 28.4 Å². The Bertz CT molecular complexity index is 1310. The van der Waals surface area contributed by atoms with Gasteiger partial charge in [0.25, 0.3) is 0 Å². The molecule has 0 radical (unpaired) electrons. The maximum Gasteiger partial charge on any atom is 0.468 e. The summed E-state index contributed by atoms with van der Waals surface area (Å²) >= 11 is 0. The van der Waals surface area contributed by atoms with E-state index in [1.165, 1.54) is 12.0 Å². The van der Waals surface area contributed by atoms with Gasteiger partial charge in [0.05, 0.1) is 29.8 Å². The molecule has 3 aromatic rings. The van der Waals surface area contributed by atoms with Crippen LogP contribution in [0.4, 0.5) is 10.5 Å². The number of carbonyl (C=O) groups excluding carboxylic acids is 2. The second-order valence-corrected chi connectivity index (χ2v) is 10.7. The summed E-state index contributed by atoms with van der Waals surface area (Å²) in [5.41, 5.74) is 2.82. The molecule has 2 heterocycles. The maximum atomic E-state index is 13.7. The Kier molecular flexibility index (Phi) is 6.80. The number of hydrogen-bond acceptors (Lipinski definition) is 6. The van der Waals surface area contributed by atoms with Crippen LogP contribution in [-0.4, -0.2) is 43.5 Å². The lowest BCUT2D eigenvalue weighted by atomic mass is 9.65. The SMILES string of the molecule is COC(=O)[C@H]1[C@@H](B2OC(C)(C)C(C)(C)O2)c2ccc(-c3ccccc3)cc2N1C(=O)OCc1ccccc1. The van der Waals surface area contributed by atoms with Crippen LogP contribution < -0.4 is 4.90 Å². The van der Waals surface area contributed by atoms with Crippen LogP contribution in [0.5, 0.6) is 0 Å². The fraction of sp³-hybridized carbons (Fsp3) is 0.333. The van der Waals surface area contributed by atoms with Crippen LogP contribution in [0.25, 0.3) is 11.1 Å². The molecule has 0 unspecified atom stereocenters. The molecule has 8 heteroatoms. The minimum absolute atomic E-state index is 0.0684. The molecule has 5 rings (SSSR count). The molecule has 38 heavy (non-hydrogen) atoms. The smallest absolute Gasteiger partial charge is 0.467 e. The van der Waals surface area contributed by atoms with Crippen molar-refractivity contribution in [3.8, 4) is 11.1 Å². The second-order valence-electron chi connectivity index (χ2n) is 10.7. The molecule has 2 atom stereocenters. The normalized spacial score (nSPS) is 21.2. The third kappa shape index (κ3) is 4.59. The molecule has 2 aliphatic rings. The van der Waals surface area contributed by atoms with Gasteiger partial charge < -0.3 is 18.8 Å². The van der Waals surface area contributed by atoms with Crippen molar-refractivity contribution >= 4 is 24.9 Å². The number of nitrogens with zero attached hydrogens (tertiary/aromatic N) is 1. The van der Waals surface area contributed by atoms with Gasteiger partial charge in [-0.1, -0.05) is 72.8 Å². The van der Waals surface area contributed by atoms with Gasteiger partial charge in [-0.25, -0.2) is 9.59 Å². The van der Waals surface area contributed by atoms with Gasteiger partial charge in [-0.05, 0) is 56.0 Å². The summed E-state index contributed by atoms with van der Waals surface area (Å²) in [5.74, 6) is -1.19. The van der Waals surface area contributed by atoms with Gasteiger partial charge in [0.1, 0.15) is 12.6 Å². The number of anilines is 1. The van der Waals surface area contributed by atoms with Crippen molar-refractivity contribution in [2.24, 2.45) is 0 Å². The van der Waals surface area contributed by atoms with E-state index in [9.17, 15) is 9.59 Å². The van der Waals surface area contributed by atoms with Gasteiger partial charge in [-0.3, -0.25) is 4.90 Å². The van der Waals surface area contributed by atoms with E-state index in [0.29, 0.717) is 5.69 Å². The highest BCUT2D eigenvalue weighted by Gasteiger charge is 2.61. The van der Waals surface area contributed by atoms with E-state index in [1.54, 1.807) is 0 Å². The molecule has 3 aromatic carbocycles. The number of fused-ring (bicyclic) bond motifs is 1. The first-order chi connectivity index (χ1) is 18.1. The molecule has 7 nitrogen and oxygen atoms in total. The van der Waals surface area contributed by atoms with Gasteiger partial charge in [0, 0.05) is 0 Å².